The molecule has 0 aliphatic heterocycles. The molecule has 0 saturated heterocycles. The molecule has 0 fully saturated rings. The first-order valence-electron chi connectivity index (χ1n) is 7.06. The summed E-state index contributed by atoms with van der Waals surface area (Å²) in [5, 5.41) is 6.00. The smallest absolute Gasteiger partial charge is 0.220 e. The molecule has 0 radical (unpaired) electrons. The molecule has 0 aromatic rings. The summed E-state index contributed by atoms with van der Waals surface area (Å²) >= 11 is 0. The summed E-state index contributed by atoms with van der Waals surface area (Å²) < 4.78 is 10.7. The zero-order valence-corrected chi connectivity index (χ0v) is 12.9. The number of amides is 1. The van der Waals surface area contributed by atoms with Crippen molar-refractivity contribution in [2.75, 3.05) is 39.5 Å². The predicted octanol–water partition coefficient (Wildman–Crippen LogP) is 0.503. The minimum atomic E-state index is -0.120. The average Bonchev–Trinajstić information content (AvgIpc) is 2.37. The van der Waals surface area contributed by atoms with Gasteiger partial charge in [0.2, 0.25) is 5.91 Å². The van der Waals surface area contributed by atoms with Crippen LogP contribution in [-0.4, -0.2) is 57.2 Å². The highest BCUT2D eigenvalue weighted by molar-refractivity contribution is 5.77. The van der Waals surface area contributed by atoms with Crippen LogP contribution in [0.2, 0.25) is 0 Å². The minimum absolute atomic E-state index is 0.113. The van der Waals surface area contributed by atoms with E-state index in [0.29, 0.717) is 33.0 Å². The van der Waals surface area contributed by atoms with Crippen LogP contribution < -0.4 is 10.6 Å². The van der Waals surface area contributed by atoms with Crippen molar-refractivity contribution in [3.8, 4) is 0 Å². The molecule has 0 atom stereocenters. The monoisotopic (exact) mass is 288 g/mol. The second-order valence-corrected chi connectivity index (χ2v) is 5.46. The second kappa shape index (κ2) is 11.8. The van der Waals surface area contributed by atoms with Crippen molar-refractivity contribution in [1.29, 1.82) is 0 Å². The zero-order valence-electron chi connectivity index (χ0n) is 12.9. The Balaban J connectivity index is 3.17. The van der Waals surface area contributed by atoms with Gasteiger partial charge in [-0.15, -0.1) is 0 Å². The minimum Gasteiger partial charge on any atom is -0.378 e. The van der Waals surface area contributed by atoms with Crippen LogP contribution in [0, 0.1) is 0 Å². The Bertz CT molecular complexity index is 264. The summed E-state index contributed by atoms with van der Waals surface area (Å²) in [6.07, 6.45) is 1.25. The van der Waals surface area contributed by atoms with E-state index < -0.39 is 0 Å². The van der Waals surface area contributed by atoms with Gasteiger partial charge in [0.25, 0.3) is 0 Å². The number of ether oxygens (including phenoxy) is 2. The first-order chi connectivity index (χ1) is 9.45. The molecule has 118 valence electrons. The van der Waals surface area contributed by atoms with E-state index in [1.807, 2.05) is 0 Å². The summed E-state index contributed by atoms with van der Waals surface area (Å²) in [5.74, 6) is -0.120. The number of hydrogen-bond acceptors (Lipinski definition) is 5. The van der Waals surface area contributed by atoms with Crippen LogP contribution >= 0.6 is 0 Å². The summed E-state index contributed by atoms with van der Waals surface area (Å²) in [6.45, 7) is 9.78. The molecule has 2 N–H and O–H groups in total. The van der Waals surface area contributed by atoms with Gasteiger partial charge in [0, 0.05) is 31.5 Å². The van der Waals surface area contributed by atoms with E-state index >= 15 is 0 Å². The fourth-order valence-electron chi connectivity index (χ4n) is 1.36. The summed E-state index contributed by atoms with van der Waals surface area (Å²) in [4.78, 5) is 21.2. The lowest BCUT2D eigenvalue weighted by Crippen LogP contribution is -2.38. The molecule has 1 amide bonds. The van der Waals surface area contributed by atoms with Crippen molar-refractivity contribution in [3.63, 3.8) is 0 Å². The van der Waals surface area contributed by atoms with Gasteiger partial charge in [-0.3, -0.25) is 4.79 Å². The van der Waals surface area contributed by atoms with Crippen LogP contribution in [0.3, 0.4) is 0 Å². The van der Waals surface area contributed by atoms with Crippen LogP contribution in [0.5, 0.6) is 0 Å². The number of carbonyl (C=O) groups is 2. The lowest BCUT2D eigenvalue weighted by molar-refractivity contribution is -0.122. The molecule has 0 spiro atoms. The van der Waals surface area contributed by atoms with Crippen molar-refractivity contribution in [3.05, 3.63) is 0 Å². The Labute approximate surface area is 121 Å². The molecule has 0 saturated carbocycles. The Kier molecular flexibility index (Phi) is 11.2. The summed E-state index contributed by atoms with van der Waals surface area (Å²) in [7, 11) is 0. The van der Waals surface area contributed by atoms with E-state index in [1.54, 1.807) is 0 Å². The molecule has 0 bridgehead atoms. The van der Waals surface area contributed by atoms with Gasteiger partial charge in [-0.05, 0) is 20.8 Å². The van der Waals surface area contributed by atoms with Gasteiger partial charge >= 0.3 is 0 Å². The lowest BCUT2D eigenvalue weighted by Gasteiger charge is -2.20. The van der Waals surface area contributed by atoms with Gasteiger partial charge < -0.3 is 24.9 Å². The number of carbonyl (C=O) groups excluding carboxylic acids is 2. The average molecular weight is 288 g/mol. The fraction of sp³-hybridized carbons (Fsp3) is 0.857. The van der Waals surface area contributed by atoms with Gasteiger partial charge in [0.15, 0.2) is 0 Å². The van der Waals surface area contributed by atoms with E-state index in [1.165, 1.54) is 0 Å². The maximum atomic E-state index is 11.1. The molecule has 0 aromatic carbocycles. The highest BCUT2D eigenvalue weighted by Gasteiger charge is 2.06. The van der Waals surface area contributed by atoms with Gasteiger partial charge in [-0.1, -0.05) is 0 Å². The van der Waals surface area contributed by atoms with Crippen molar-refractivity contribution in [1.82, 2.24) is 10.6 Å². The topological polar surface area (TPSA) is 76.7 Å². The molecule has 0 aliphatic rings. The Hall–Kier alpha value is -0.980. The maximum absolute atomic E-state index is 11.1. The number of nitrogens with one attached hydrogen (secondary N) is 2. The Morgan fingerprint density at radius 2 is 1.65 bits per heavy atom. The van der Waals surface area contributed by atoms with Crippen LogP contribution in [0.25, 0.3) is 0 Å². The third-order valence-electron chi connectivity index (χ3n) is 2.33. The van der Waals surface area contributed by atoms with Crippen LogP contribution in [-0.2, 0) is 19.1 Å². The molecule has 0 aromatic heterocycles. The van der Waals surface area contributed by atoms with E-state index in [-0.39, 0.29) is 24.3 Å². The highest BCUT2D eigenvalue weighted by Crippen LogP contribution is 1.96. The third-order valence-corrected chi connectivity index (χ3v) is 2.33. The molecular weight excluding hydrogens is 260 g/mol. The second-order valence-electron chi connectivity index (χ2n) is 5.46. The van der Waals surface area contributed by atoms with Crippen molar-refractivity contribution < 1.29 is 19.1 Å². The van der Waals surface area contributed by atoms with E-state index in [9.17, 15) is 9.59 Å². The highest BCUT2D eigenvalue weighted by atomic mass is 16.5. The molecule has 0 aliphatic carbocycles. The van der Waals surface area contributed by atoms with Gasteiger partial charge in [0.1, 0.15) is 6.29 Å². The SMILES string of the molecule is CC(C)(C)NCCOCCOCCNC(=O)CCC=O. The largest absolute Gasteiger partial charge is 0.378 e. The molecule has 20 heavy (non-hydrogen) atoms. The van der Waals surface area contributed by atoms with Crippen LogP contribution in [0.1, 0.15) is 33.6 Å². The van der Waals surface area contributed by atoms with Gasteiger partial charge in [-0.2, -0.15) is 0 Å². The molecule has 0 heterocycles. The number of hydrogen-bond donors (Lipinski definition) is 2. The molecular formula is C14H28N2O4. The number of rotatable bonds is 12. The molecule has 6 nitrogen and oxygen atoms in total. The van der Waals surface area contributed by atoms with Gasteiger partial charge in [0.05, 0.1) is 26.4 Å². The quantitative estimate of drug-likeness (QED) is 0.404. The number of aldehydes is 1. The standard InChI is InChI=1S/C14H28N2O4/c1-14(2,3)16-7-10-20-12-11-19-9-6-15-13(18)5-4-8-17/h8,16H,4-7,9-12H2,1-3H3,(H,15,18). The maximum Gasteiger partial charge on any atom is 0.220 e. The Morgan fingerprint density at radius 1 is 1.05 bits per heavy atom. The van der Waals surface area contributed by atoms with Gasteiger partial charge in [-0.25, -0.2) is 0 Å². The summed E-state index contributed by atoms with van der Waals surface area (Å²) in [5.41, 5.74) is 0.113. The van der Waals surface area contributed by atoms with E-state index in [4.69, 9.17) is 9.47 Å². The molecule has 0 unspecified atom stereocenters. The van der Waals surface area contributed by atoms with E-state index in [2.05, 4.69) is 31.4 Å². The van der Waals surface area contributed by atoms with E-state index in [0.717, 1.165) is 12.8 Å². The normalized spacial score (nSPS) is 11.3. The lowest BCUT2D eigenvalue weighted by atomic mass is 10.1. The first kappa shape index (κ1) is 19.0. The van der Waals surface area contributed by atoms with Crippen LogP contribution in [0.15, 0.2) is 0 Å². The van der Waals surface area contributed by atoms with Crippen molar-refractivity contribution >= 4 is 12.2 Å². The molecule has 6 heteroatoms. The first-order valence-corrected chi connectivity index (χ1v) is 7.06. The third kappa shape index (κ3) is 15.1. The van der Waals surface area contributed by atoms with Crippen molar-refractivity contribution in [2.24, 2.45) is 0 Å². The summed E-state index contributed by atoms with van der Waals surface area (Å²) in [6, 6.07) is 0. The fourth-order valence-corrected chi connectivity index (χ4v) is 1.36. The molecule has 0 rings (SSSR count). The van der Waals surface area contributed by atoms with Crippen molar-refractivity contribution in [2.45, 2.75) is 39.2 Å². The van der Waals surface area contributed by atoms with Crippen LogP contribution in [0.4, 0.5) is 0 Å². The zero-order chi connectivity index (χ0) is 15.3. The predicted molar refractivity (Wildman–Crippen MR) is 77.7 cm³/mol. The Morgan fingerprint density at radius 3 is 2.20 bits per heavy atom.